The van der Waals surface area contributed by atoms with Crippen LogP contribution in [0.4, 0.5) is 0 Å². The van der Waals surface area contributed by atoms with E-state index in [4.69, 9.17) is 19.4 Å². The summed E-state index contributed by atoms with van der Waals surface area (Å²) in [5.74, 6) is -0.123. The zero-order valence-electron chi connectivity index (χ0n) is 6.19. The van der Waals surface area contributed by atoms with E-state index in [9.17, 15) is 4.79 Å². The van der Waals surface area contributed by atoms with E-state index in [1.54, 1.807) is 13.8 Å². The summed E-state index contributed by atoms with van der Waals surface area (Å²) in [7, 11) is 9.90. The Labute approximate surface area is 76.9 Å². The van der Waals surface area contributed by atoms with Crippen LogP contribution in [0.5, 0.6) is 0 Å². The molecule has 0 bridgehead atoms. The Balaban J connectivity index is 0. The standard InChI is InChI=1S/C5H10O2.2ClH.Zn/c1-3-5(6)7-4-2;;;/h3-4H2,1-2H3;2*1H;/q;;;+2/p-2. The number of halogens is 2. The topological polar surface area (TPSA) is 26.3 Å². The van der Waals surface area contributed by atoms with Crippen molar-refractivity contribution < 1.29 is 24.7 Å². The molecular formula is C5H10Cl2O2Zn. The van der Waals surface area contributed by atoms with Gasteiger partial charge in [0, 0.05) is 6.42 Å². The predicted molar refractivity (Wildman–Crippen MR) is 38.6 cm³/mol. The molecule has 0 saturated heterocycles. The second-order valence-corrected chi connectivity index (χ2v) is 5.88. The van der Waals surface area contributed by atoms with Crippen molar-refractivity contribution in [3.8, 4) is 0 Å². The van der Waals surface area contributed by atoms with Crippen LogP contribution in [0.3, 0.4) is 0 Å². The van der Waals surface area contributed by atoms with E-state index in [2.05, 4.69) is 4.74 Å². The molecular weight excluding hydrogens is 228 g/mol. The Morgan fingerprint density at radius 3 is 2.00 bits per heavy atom. The zero-order valence-corrected chi connectivity index (χ0v) is 10.7. The Morgan fingerprint density at radius 2 is 1.90 bits per heavy atom. The normalized spacial score (nSPS) is 6.80. The van der Waals surface area contributed by atoms with Crippen LogP contribution in [0.1, 0.15) is 20.3 Å². The van der Waals surface area contributed by atoms with Gasteiger partial charge in [-0.1, -0.05) is 6.92 Å². The molecule has 0 aliphatic heterocycles. The molecule has 0 aromatic heterocycles. The molecule has 0 heterocycles. The van der Waals surface area contributed by atoms with E-state index in [1.807, 2.05) is 0 Å². The van der Waals surface area contributed by atoms with Crippen molar-refractivity contribution in [2.75, 3.05) is 6.61 Å². The molecule has 58 valence electrons. The van der Waals surface area contributed by atoms with E-state index in [1.165, 1.54) is 0 Å². The van der Waals surface area contributed by atoms with E-state index in [0.29, 0.717) is 13.0 Å². The maximum absolute atomic E-state index is 10.2. The van der Waals surface area contributed by atoms with Crippen LogP contribution in [-0.2, 0) is 24.7 Å². The number of esters is 1. The molecule has 0 saturated carbocycles. The van der Waals surface area contributed by atoms with Crippen LogP contribution in [0.25, 0.3) is 0 Å². The zero-order chi connectivity index (χ0) is 8.41. The van der Waals surface area contributed by atoms with Gasteiger partial charge < -0.3 is 4.74 Å². The second kappa shape index (κ2) is 12.4. The fourth-order valence-corrected chi connectivity index (χ4v) is 0.263. The fraction of sp³-hybridized carbons (Fsp3) is 0.800. The number of carbonyl (C=O) groups is 1. The van der Waals surface area contributed by atoms with Gasteiger partial charge in [0.2, 0.25) is 0 Å². The molecule has 0 atom stereocenters. The summed E-state index contributed by atoms with van der Waals surface area (Å²) in [6.45, 7) is 4.07. The summed E-state index contributed by atoms with van der Waals surface area (Å²) in [5.41, 5.74) is 0. The molecule has 0 aromatic rings. The number of carbonyl (C=O) groups excluding carboxylic acids is 1. The molecule has 0 N–H and O–H groups in total. The number of hydrogen-bond acceptors (Lipinski definition) is 2. The minimum absolute atomic E-state index is 0.123. The molecule has 0 amide bonds. The van der Waals surface area contributed by atoms with Crippen LogP contribution in [-0.4, -0.2) is 12.6 Å². The molecule has 0 aromatic carbocycles. The Kier molecular flexibility index (Phi) is 16.4. The van der Waals surface area contributed by atoms with Gasteiger partial charge in [-0.05, 0) is 6.92 Å². The van der Waals surface area contributed by atoms with Gasteiger partial charge in [0.05, 0.1) is 6.61 Å². The molecule has 0 aliphatic rings. The van der Waals surface area contributed by atoms with Gasteiger partial charge in [-0.15, -0.1) is 0 Å². The van der Waals surface area contributed by atoms with Crippen molar-refractivity contribution >= 4 is 25.4 Å². The molecule has 0 fully saturated rings. The van der Waals surface area contributed by atoms with E-state index < -0.39 is 15.1 Å². The Bertz CT molecular complexity index is 80.0. The van der Waals surface area contributed by atoms with Gasteiger partial charge in [-0.2, -0.15) is 0 Å². The van der Waals surface area contributed by atoms with Gasteiger partial charge in [0.15, 0.2) is 0 Å². The first-order chi connectivity index (χ1) is 4.72. The molecule has 0 rings (SSSR count). The van der Waals surface area contributed by atoms with Gasteiger partial charge in [-0.25, -0.2) is 0 Å². The van der Waals surface area contributed by atoms with Gasteiger partial charge in [0.25, 0.3) is 0 Å². The third-order valence-electron chi connectivity index (χ3n) is 0.594. The molecule has 0 radical (unpaired) electrons. The first kappa shape index (κ1) is 13.3. The summed E-state index contributed by atoms with van der Waals surface area (Å²) < 4.78 is 4.55. The summed E-state index contributed by atoms with van der Waals surface area (Å²) in [5, 5.41) is 0. The Hall–Kier alpha value is 0.673. The third-order valence-corrected chi connectivity index (χ3v) is 0.594. The molecule has 0 unspecified atom stereocenters. The molecule has 0 aliphatic carbocycles. The second-order valence-electron chi connectivity index (χ2n) is 1.26. The van der Waals surface area contributed by atoms with Crippen molar-refractivity contribution in [1.82, 2.24) is 0 Å². The number of ether oxygens (including phenoxy) is 1. The fourth-order valence-electron chi connectivity index (χ4n) is 0.263. The van der Waals surface area contributed by atoms with Crippen molar-refractivity contribution in [3.05, 3.63) is 0 Å². The molecule has 2 nitrogen and oxygen atoms in total. The summed E-state index contributed by atoms with van der Waals surface area (Å²) >= 11 is -0.931. The van der Waals surface area contributed by atoms with Gasteiger partial charge in [0.1, 0.15) is 0 Å². The SMILES string of the molecule is CCOC(=O)CC.[Cl][Zn][Cl]. The number of rotatable bonds is 2. The summed E-state index contributed by atoms with van der Waals surface area (Å²) in [6, 6.07) is 0. The molecule has 10 heavy (non-hydrogen) atoms. The minimum atomic E-state index is -0.931. The van der Waals surface area contributed by atoms with Gasteiger partial charge >= 0.3 is 40.5 Å². The molecule has 0 spiro atoms. The van der Waals surface area contributed by atoms with Crippen LogP contribution >= 0.6 is 19.4 Å². The van der Waals surface area contributed by atoms with E-state index in [0.717, 1.165) is 0 Å². The summed E-state index contributed by atoms with van der Waals surface area (Å²) in [4.78, 5) is 10.2. The first-order valence-electron chi connectivity index (χ1n) is 3.00. The van der Waals surface area contributed by atoms with Crippen LogP contribution in [0.2, 0.25) is 0 Å². The van der Waals surface area contributed by atoms with Gasteiger partial charge in [-0.3, -0.25) is 4.79 Å². The predicted octanol–water partition coefficient (Wildman–Crippen LogP) is 2.34. The average molecular weight is 238 g/mol. The number of hydrogen-bond donors (Lipinski definition) is 0. The first-order valence-corrected chi connectivity index (χ1v) is 10.8. The van der Waals surface area contributed by atoms with Crippen molar-refractivity contribution in [2.24, 2.45) is 0 Å². The Morgan fingerprint density at radius 1 is 1.50 bits per heavy atom. The van der Waals surface area contributed by atoms with Crippen LogP contribution in [0, 0.1) is 0 Å². The van der Waals surface area contributed by atoms with Crippen LogP contribution < -0.4 is 0 Å². The quantitative estimate of drug-likeness (QED) is 0.545. The van der Waals surface area contributed by atoms with Crippen LogP contribution in [0.15, 0.2) is 0 Å². The van der Waals surface area contributed by atoms with E-state index >= 15 is 0 Å². The maximum atomic E-state index is 10.2. The van der Waals surface area contributed by atoms with E-state index in [-0.39, 0.29) is 5.97 Å². The van der Waals surface area contributed by atoms with Crippen molar-refractivity contribution in [3.63, 3.8) is 0 Å². The average Bonchev–Trinajstić information content (AvgIpc) is 1.90. The van der Waals surface area contributed by atoms with Crippen molar-refractivity contribution in [2.45, 2.75) is 20.3 Å². The molecule has 5 heteroatoms. The third kappa shape index (κ3) is 15.9. The monoisotopic (exact) mass is 236 g/mol. The summed E-state index contributed by atoms with van der Waals surface area (Å²) in [6.07, 6.45) is 0.480. The van der Waals surface area contributed by atoms with Crippen molar-refractivity contribution in [1.29, 1.82) is 0 Å².